The van der Waals surface area contributed by atoms with Gasteiger partial charge in [-0.3, -0.25) is 4.79 Å². The molecule has 0 saturated carbocycles. The van der Waals surface area contributed by atoms with Crippen molar-refractivity contribution in [2.24, 2.45) is 5.92 Å². The first kappa shape index (κ1) is 20.4. The number of halogens is 1. The van der Waals surface area contributed by atoms with Crippen molar-refractivity contribution in [2.45, 2.75) is 22.6 Å². The average Bonchev–Trinajstić information content (AvgIpc) is 2.69. The Kier molecular flexibility index (Phi) is 6.62. The Balaban J connectivity index is 1.69. The van der Waals surface area contributed by atoms with E-state index in [9.17, 15) is 13.2 Å². The van der Waals surface area contributed by atoms with Crippen molar-refractivity contribution >= 4 is 49.3 Å². The van der Waals surface area contributed by atoms with Gasteiger partial charge in [-0.05, 0) is 67.6 Å². The molecule has 5 nitrogen and oxygen atoms in total. The summed E-state index contributed by atoms with van der Waals surface area (Å²) in [6.45, 7) is 0.637. The molecule has 0 spiro atoms. The number of hydrogen-bond donors (Lipinski definition) is 1. The third-order valence-electron chi connectivity index (χ3n) is 4.56. The Morgan fingerprint density at radius 3 is 2.44 bits per heavy atom. The van der Waals surface area contributed by atoms with Gasteiger partial charge < -0.3 is 5.32 Å². The van der Waals surface area contributed by atoms with E-state index in [1.54, 1.807) is 36.0 Å². The number of nitrogens with zero attached hydrogens (tertiary/aromatic N) is 1. The maximum absolute atomic E-state index is 12.9. The fourth-order valence-electron chi connectivity index (χ4n) is 3.05. The fourth-order valence-corrected chi connectivity index (χ4v) is 5.25. The number of nitrogens with one attached hydrogen (secondary N) is 1. The van der Waals surface area contributed by atoms with Crippen LogP contribution in [0, 0.1) is 5.92 Å². The second kappa shape index (κ2) is 8.77. The number of rotatable bonds is 5. The lowest BCUT2D eigenvalue weighted by molar-refractivity contribution is -0.120. The number of amides is 1. The molecule has 1 saturated heterocycles. The van der Waals surface area contributed by atoms with Crippen LogP contribution in [0.4, 0.5) is 5.69 Å². The van der Waals surface area contributed by atoms with E-state index in [0.29, 0.717) is 19.4 Å². The highest BCUT2D eigenvalue weighted by Gasteiger charge is 2.33. The van der Waals surface area contributed by atoms with E-state index in [1.165, 1.54) is 4.31 Å². The van der Waals surface area contributed by atoms with Gasteiger partial charge in [0, 0.05) is 28.1 Å². The van der Waals surface area contributed by atoms with Crippen molar-refractivity contribution in [3.05, 3.63) is 53.0 Å². The molecule has 3 rings (SSSR count). The molecule has 1 unspecified atom stereocenters. The topological polar surface area (TPSA) is 66.5 Å². The Labute approximate surface area is 172 Å². The first-order chi connectivity index (χ1) is 12.9. The Hall–Kier alpha value is -1.35. The maximum atomic E-state index is 12.9. The second-order valence-corrected chi connectivity index (χ2v) is 10.1. The predicted octanol–water partition coefficient (Wildman–Crippen LogP) is 4.21. The lowest BCUT2D eigenvalue weighted by atomic mass is 9.99. The molecule has 1 heterocycles. The number of benzene rings is 2. The number of sulfonamides is 1. The minimum Gasteiger partial charge on any atom is -0.326 e. The van der Waals surface area contributed by atoms with Crippen molar-refractivity contribution in [1.82, 2.24) is 4.31 Å². The summed E-state index contributed by atoms with van der Waals surface area (Å²) in [5.41, 5.74) is 0.727. The monoisotopic (exact) mass is 468 g/mol. The standard InChI is InChI=1S/C19H21BrN2O3S2/c1-26-17-8-6-16(7-9-17)21-19(23)14-3-2-12-22(13-14)27(24,25)18-10-4-15(20)5-11-18/h4-11,14H,2-3,12-13H2,1H3,(H,21,23). The number of carbonyl (C=O) groups is 1. The van der Waals surface area contributed by atoms with Crippen LogP contribution in [0.1, 0.15) is 12.8 Å². The van der Waals surface area contributed by atoms with Gasteiger partial charge in [0.05, 0.1) is 10.8 Å². The number of thioether (sulfide) groups is 1. The van der Waals surface area contributed by atoms with Gasteiger partial charge in [0.15, 0.2) is 0 Å². The van der Waals surface area contributed by atoms with E-state index in [-0.39, 0.29) is 23.3 Å². The predicted molar refractivity (Wildman–Crippen MR) is 112 cm³/mol. The molecule has 1 fully saturated rings. The van der Waals surface area contributed by atoms with Crippen LogP contribution in [0.15, 0.2) is 62.8 Å². The van der Waals surface area contributed by atoms with Gasteiger partial charge in [-0.15, -0.1) is 11.8 Å². The molecule has 1 N–H and O–H groups in total. The number of piperidine rings is 1. The minimum absolute atomic E-state index is 0.136. The van der Waals surface area contributed by atoms with Crippen LogP contribution in [-0.2, 0) is 14.8 Å². The summed E-state index contributed by atoms with van der Waals surface area (Å²) in [6, 6.07) is 14.2. The lowest BCUT2D eigenvalue weighted by Gasteiger charge is -2.31. The van der Waals surface area contributed by atoms with E-state index in [2.05, 4.69) is 21.2 Å². The third kappa shape index (κ3) is 4.93. The number of carbonyl (C=O) groups excluding carboxylic acids is 1. The molecule has 27 heavy (non-hydrogen) atoms. The average molecular weight is 469 g/mol. The van der Waals surface area contributed by atoms with Crippen LogP contribution < -0.4 is 5.32 Å². The molecule has 8 heteroatoms. The normalized spacial score (nSPS) is 18.2. The molecule has 1 aliphatic heterocycles. The van der Waals surface area contributed by atoms with E-state index < -0.39 is 10.0 Å². The highest BCUT2D eigenvalue weighted by molar-refractivity contribution is 9.10. The Bertz CT molecular complexity index is 900. The SMILES string of the molecule is CSc1ccc(NC(=O)C2CCCN(S(=O)(=O)c3ccc(Br)cc3)C2)cc1. The molecule has 0 aliphatic carbocycles. The first-order valence-electron chi connectivity index (χ1n) is 8.61. The highest BCUT2D eigenvalue weighted by Crippen LogP contribution is 2.26. The highest BCUT2D eigenvalue weighted by atomic mass is 79.9. The molecule has 0 radical (unpaired) electrons. The summed E-state index contributed by atoms with van der Waals surface area (Å²) in [7, 11) is -3.60. The quantitative estimate of drug-likeness (QED) is 0.667. The summed E-state index contributed by atoms with van der Waals surface area (Å²) in [5.74, 6) is -0.494. The molecule has 2 aromatic carbocycles. The van der Waals surface area contributed by atoms with Crippen molar-refractivity contribution in [3.63, 3.8) is 0 Å². The summed E-state index contributed by atoms with van der Waals surface area (Å²) in [5, 5.41) is 2.91. The minimum atomic E-state index is -3.60. The molecular formula is C19H21BrN2O3S2. The van der Waals surface area contributed by atoms with E-state index in [4.69, 9.17) is 0 Å². The van der Waals surface area contributed by atoms with E-state index in [0.717, 1.165) is 15.1 Å². The van der Waals surface area contributed by atoms with Crippen molar-refractivity contribution in [1.29, 1.82) is 0 Å². The van der Waals surface area contributed by atoms with Crippen molar-refractivity contribution in [2.75, 3.05) is 24.7 Å². The van der Waals surface area contributed by atoms with Crippen molar-refractivity contribution < 1.29 is 13.2 Å². The zero-order valence-corrected chi connectivity index (χ0v) is 18.1. The van der Waals surface area contributed by atoms with Crippen LogP contribution in [0.5, 0.6) is 0 Å². The van der Waals surface area contributed by atoms with Gasteiger partial charge in [0.2, 0.25) is 15.9 Å². The zero-order chi connectivity index (χ0) is 19.4. The van der Waals surface area contributed by atoms with Gasteiger partial charge in [-0.1, -0.05) is 15.9 Å². The van der Waals surface area contributed by atoms with Crippen molar-refractivity contribution in [3.8, 4) is 0 Å². The maximum Gasteiger partial charge on any atom is 0.243 e. The van der Waals surface area contributed by atoms with E-state index >= 15 is 0 Å². The summed E-state index contributed by atoms with van der Waals surface area (Å²) < 4.78 is 28.0. The first-order valence-corrected chi connectivity index (χ1v) is 12.1. The zero-order valence-electron chi connectivity index (χ0n) is 14.9. The summed E-state index contributed by atoms with van der Waals surface area (Å²) in [6.07, 6.45) is 3.34. The smallest absolute Gasteiger partial charge is 0.243 e. The molecule has 144 valence electrons. The van der Waals surface area contributed by atoms with Gasteiger partial charge >= 0.3 is 0 Å². The van der Waals surface area contributed by atoms with Crippen LogP contribution in [-0.4, -0.2) is 38.0 Å². The molecule has 1 amide bonds. The second-order valence-electron chi connectivity index (χ2n) is 6.37. The summed E-state index contributed by atoms with van der Waals surface area (Å²) in [4.78, 5) is 14.0. The molecule has 0 bridgehead atoms. The van der Waals surface area contributed by atoms with Crippen LogP contribution >= 0.6 is 27.7 Å². The molecule has 1 atom stereocenters. The summed E-state index contributed by atoms with van der Waals surface area (Å²) >= 11 is 4.95. The Morgan fingerprint density at radius 2 is 1.81 bits per heavy atom. The molecule has 2 aromatic rings. The van der Waals surface area contributed by atoms with Gasteiger partial charge in [-0.2, -0.15) is 4.31 Å². The Morgan fingerprint density at radius 1 is 1.15 bits per heavy atom. The van der Waals surface area contributed by atoms with Gasteiger partial charge in [-0.25, -0.2) is 8.42 Å². The van der Waals surface area contributed by atoms with Crippen LogP contribution in [0.25, 0.3) is 0 Å². The third-order valence-corrected chi connectivity index (χ3v) is 7.72. The lowest BCUT2D eigenvalue weighted by Crippen LogP contribution is -2.43. The molecule has 1 aliphatic rings. The number of anilines is 1. The van der Waals surface area contributed by atoms with Crippen LogP contribution in [0.2, 0.25) is 0 Å². The molecular weight excluding hydrogens is 448 g/mol. The fraction of sp³-hybridized carbons (Fsp3) is 0.316. The van der Waals surface area contributed by atoms with Gasteiger partial charge in [0.25, 0.3) is 0 Å². The number of hydrogen-bond acceptors (Lipinski definition) is 4. The largest absolute Gasteiger partial charge is 0.326 e. The van der Waals surface area contributed by atoms with E-state index in [1.807, 2.05) is 30.5 Å². The molecule has 0 aromatic heterocycles. The van der Waals surface area contributed by atoms with Crippen LogP contribution in [0.3, 0.4) is 0 Å². The van der Waals surface area contributed by atoms with Gasteiger partial charge in [0.1, 0.15) is 0 Å².